The van der Waals surface area contributed by atoms with Crippen LogP contribution in [0.15, 0.2) is 17.0 Å². The van der Waals surface area contributed by atoms with Crippen LogP contribution in [-0.2, 0) is 10.0 Å². The summed E-state index contributed by atoms with van der Waals surface area (Å²) in [7, 11) is -1.58. The summed E-state index contributed by atoms with van der Waals surface area (Å²) < 4.78 is 44.7. The van der Waals surface area contributed by atoms with Gasteiger partial charge in [-0.3, -0.25) is 10.1 Å². The largest absolute Gasteiger partial charge is 0.488 e. The van der Waals surface area contributed by atoms with Crippen LogP contribution in [0.3, 0.4) is 0 Å². The maximum Gasteiger partial charge on any atom is 0.315 e. The molecule has 0 amide bonds. The molecule has 8 nitrogen and oxygen atoms in total. The van der Waals surface area contributed by atoms with Crippen LogP contribution in [0.2, 0.25) is 0 Å². The van der Waals surface area contributed by atoms with Gasteiger partial charge < -0.3 is 10.1 Å². The number of nitro benzene ring substituents is 1. The van der Waals surface area contributed by atoms with Crippen LogP contribution in [0.1, 0.15) is 6.42 Å². The first kappa shape index (κ1) is 16.6. The number of nitrogens with one attached hydrogen (secondary N) is 1. The number of ether oxygens (including phenoxy) is 1. The smallest absolute Gasteiger partial charge is 0.315 e. The van der Waals surface area contributed by atoms with Crippen LogP contribution >= 0.6 is 0 Å². The summed E-state index contributed by atoms with van der Waals surface area (Å²) in [5.41, 5.74) is -0.723. The first-order chi connectivity index (χ1) is 10.3. The molecule has 0 saturated carbocycles. The summed E-state index contributed by atoms with van der Waals surface area (Å²) in [5.74, 6) is -1.68. The number of sulfonamides is 1. The summed E-state index contributed by atoms with van der Waals surface area (Å²) in [4.78, 5) is 9.64. The van der Waals surface area contributed by atoms with Gasteiger partial charge in [0.2, 0.25) is 15.8 Å². The first-order valence-electron chi connectivity index (χ1n) is 6.49. The van der Waals surface area contributed by atoms with Gasteiger partial charge in [0.15, 0.2) is 5.82 Å². The van der Waals surface area contributed by atoms with E-state index >= 15 is 0 Å². The third-order valence-electron chi connectivity index (χ3n) is 3.62. The molecular weight excluding hydrogens is 317 g/mol. The third kappa shape index (κ3) is 2.89. The standard InChI is InChI=1S/C12H16FN3O5S/c1-15(8-3-4-14-7-8)22(19,20)9-5-10(13)12(21-2)11(6-9)16(17)18/h5-6,8,14H,3-4,7H2,1-2H3. The molecule has 1 aliphatic rings. The van der Waals surface area contributed by atoms with Gasteiger partial charge in [0.1, 0.15) is 0 Å². The van der Waals surface area contributed by atoms with Crippen LogP contribution in [-0.4, -0.2) is 50.9 Å². The highest BCUT2D eigenvalue weighted by Gasteiger charge is 2.33. The Kier molecular flexibility index (Phi) is 4.63. The van der Waals surface area contributed by atoms with Gasteiger partial charge >= 0.3 is 5.69 Å². The molecule has 22 heavy (non-hydrogen) atoms. The van der Waals surface area contributed by atoms with Crippen LogP contribution in [0.5, 0.6) is 5.75 Å². The summed E-state index contributed by atoms with van der Waals surface area (Å²) >= 11 is 0. The van der Waals surface area contributed by atoms with Crippen LogP contribution < -0.4 is 10.1 Å². The molecule has 2 rings (SSSR count). The van der Waals surface area contributed by atoms with Crippen molar-refractivity contribution in [1.29, 1.82) is 0 Å². The second kappa shape index (κ2) is 6.15. The van der Waals surface area contributed by atoms with E-state index in [4.69, 9.17) is 0 Å². The van der Waals surface area contributed by atoms with E-state index in [1.807, 2.05) is 0 Å². The van der Waals surface area contributed by atoms with E-state index in [0.717, 1.165) is 23.5 Å². The van der Waals surface area contributed by atoms with Crippen molar-refractivity contribution in [2.45, 2.75) is 17.4 Å². The zero-order valence-electron chi connectivity index (χ0n) is 12.1. The lowest BCUT2D eigenvalue weighted by Crippen LogP contribution is -2.38. The number of hydrogen-bond acceptors (Lipinski definition) is 6. The monoisotopic (exact) mass is 333 g/mol. The number of hydrogen-bond donors (Lipinski definition) is 1. The number of rotatable bonds is 5. The Morgan fingerprint density at radius 1 is 1.50 bits per heavy atom. The molecule has 1 atom stereocenters. The van der Waals surface area contributed by atoms with E-state index < -0.39 is 37.1 Å². The van der Waals surface area contributed by atoms with Crippen molar-refractivity contribution in [3.05, 3.63) is 28.1 Å². The van der Waals surface area contributed by atoms with E-state index in [-0.39, 0.29) is 6.04 Å². The molecule has 1 aromatic rings. The highest BCUT2D eigenvalue weighted by molar-refractivity contribution is 7.89. The Balaban J connectivity index is 2.49. The minimum absolute atomic E-state index is 0.269. The van der Waals surface area contributed by atoms with Crippen LogP contribution in [0.4, 0.5) is 10.1 Å². The van der Waals surface area contributed by atoms with E-state index in [1.54, 1.807) is 0 Å². The zero-order valence-corrected chi connectivity index (χ0v) is 12.9. The average molecular weight is 333 g/mol. The summed E-state index contributed by atoms with van der Waals surface area (Å²) in [6, 6.07) is 1.28. The van der Waals surface area contributed by atoms with Crippen molar-refractivity contribution < 1.29 is 22.5 Å². The Morgan fingerprint density at radius 2 is 2.18 bits per heavy atom. The minimum Gasteiger partial charge on any atom is -0.488 e. The van der Waals surface area contributed by atoms with Crippen molar-refractivity contribution >= 4 is 15.7 Å². The number of likely N-dealkylation sites (N-methyl/N-ethyl adjacent to an activating group) is 1. The molecule has 1 heterocycles. The van der Waals surface area contributed by atoms with Gasteiger partial charge in [0.05, 0.1) is 16.9 Å². The predicted molar refractivity (Wildman–Crippen MR) is 75.8 cm³/mol. The Hall–Kier alpha value is -1.78. The quantitative estimate of drug-likeness (QED) is 0.629. The summed E-state index contributed by atoms with van der Waals surface area (Å²) in [6.45, 7) is 1.16. The summed E-state index contributed by atoms with van der Waals surface area (Å²) in [5, 5.41) is 14.0. The van der Waals surface area contributed by atoms with E-state index in [2.05, 4.69) is 10.1 Å². The Morgan fingerprint density at radius 3 is 2.68 bits per heavy atom. The molecule has 0 bridgehead atoms. The zero-order chi connectivity index (χ0) is 16.5. The Labute approximate surface area is 127 Å². The fraction of sp³-hybridized carbons (Fsp3) is 0.500. The number of nitro groups is 1. The van der Waals surface area contributed by atoms with Crippen molar-refractivity contribution in [2.75, 3.05) is 27.2 Å². The normalized spacial score (nSPS) is 18.6. The fourth-order valence-corrected chi connectivity index (χ4v) is 3.77. The van der Waals surface area contributed by atoms with E-state index in [9.17, 15) is 22.9 Å². The maximum absolute atomic E-state index is 13.9. The van der Waals surface area contributed by atoms with Crippen molar-refractivity contribution in [1.82, 2.24) is 9.62 Å². The molecule has 0 aromatic heterocycles. The van der Waals surface area contributed by atoms with Gasteiger partial charge in [-0.2, -0.15) is 4.31 Å². The molecule has 10 heteroatoms. The van der Waals surface area contributed by atoms with E-state index in [1.165, 1.54) is 7.05 Å². The van der Waals surface area contributed by atoms with Crippen molar-refractivity contribution in [2.24, 2.45) is 0 Å². The molecular formula is C12H16FN3O5S. The molecule has 122 valence electrons. The lowest BCUT2D eigenvalue weighted by molar-refractivity contribution is -0.386. The van der Waals surface area contributed by atoms with Crippen LogP contribution in [0.25, 0.3) is 0 Å². The summed E-state index contributed by atoms with van der Waals surface area (Å²) in [6.07, 6.45) is 0.621. The van der Waals surface area contributed by atoms with Crippen LogP contribution in [0, 0.1) is 15.9 Å². The van der Waals surface area contributed by atoms with Gasteiger partial charge in [-0.25, -0.2) is 12.8 Å². The third-order valence-corrected chi connectivity index (χ3v) is 5.51. The van der Waals surface area contributed by atoms with Gasteiger partial charge in [-0.05, 0) is 19.0 Å². The van der Waals surface area contributed by atoms with Gasteiger partial charge in [0, 0.05) is 25.7 Å². The number of halogens is 1. The number of nitrogens with zero attached hydrogens (tertiary/aromatic N) is 2. The number of methoxy groups -OCH3 is 1. The molecule has 0 spiro atoms. The highest BCUT2D eigenvalue weighted by atomic mass is 32.2. The first-order valence-corrected chi connectivity index (χ1v) is 7.93. The molecule has 0 radical (unpaired) electrons. The molecule has 1 N–H and O–H groups in total. The van der Waals surface area contributed by atoms with E-state index in [0.29, 0.717) is 19.5 Å². The van der Waals surface area contributed by atoms with Gasteiger partial charge in [0.25, 0.3) is 0 Å². The fourth-order valence-electron chi connectivity index (χ4n) is 2.35. The van der Waals surface area contributed by atoms with Crippen molar-refractivity contribution in [3.63, 3.8) is 0 Å². The molecule has 1 saturated heterocycles. The molecule has 1 unspecified atom stereocenters. The predicted octanol–water partition coefficient (Wildman–Crippen LogP) is 0.725. The molecule has 1 aromatic carbocycles. The topological polar surface area (TPSA) is 102 Å². The molecule has 0 aliphatic carbocycles. The van der Waals surface area contributed by atoms with Gasteiger partial charge in [-0.1, -0.05) is 0 Å². The maximum atomic E-state index is 13.9. The lowest BCUT2D eigenvalue weighted by atomic mass is 10.3. The second-order valence-corrected chi connectivity index (χ2v) is 6.88. The van der Waals surface area contributed by atoms with Gasteiger partial charge in [-0.15, -0.1) is 0 Å². The second-order valence-electron chi connectivity index (χ2n) is 4.88. The minimum atomic E-state index is -4.03. The molecule has 1 fully saturated rings. The Bertz CT molecular complexity index is 688. The SMILES string of the molecule is COc1c(F)cc(S(=O)(=O)N(C)C2CCNC2)cc1[N+](=O)[O-]. The molecule has 1 aliphatic heterocycles. The average Bonchev–Trinajstić information content (AvgIpc) is 2.99. The lowest BCUT2D eigenvalue weighted by Gasteiger charge is -2.23. The van der Waals surface area contributed by atoms with Crippen molar-refractivity contribution in [3.8, 4) is 5.75 Å². The number of benzene rings is 1. The highest BCUT2D eigenvalue weighted by Crippen LogP contribution is 2.34.